The molecule has 0 bridgehead atoms. The molecule has 0 saturated carbocycles. The average molecular weight is 350 g/mol. The quantitative estimate of drug-likeness (QED) is 0.725. The van der Waals surface area contributed by atoms with E-state index in [4.69, 9.17) is 4.42 Å². The Balaban J connectivity index is 1.38. The van der Waals surface area contributed by atoms with E-state index in [2.05, 4.69) is 4.98 Å². The van der Waals surface area contributed by atoms with Crippen molar-refractivity contribution in [1.29, 1.82) is 0 Å². The maximum absolute atomic E-state index is 12.7. The lowest BCUT2D eigenvalue weighted by Crippen LogP contribution is -2.50. The van der Waals surface area contributed by atoms with E-state index in [-0.39, 0.29) is 11.8 Å². The fourth-order valence-corrected chi connectivity index (χ4v) is 3.05. The van der Waals surface area contributed by atoms with Gasteiger partial charge in [0.15, 0.2) is 0 Å². The molecule has 1 aliphatic rings. The summed E-state index contributed by atoms with van der Waals surface area (Å²) in [5.41, 5.74) is 2.14. The standard InChI is InChI=1S/C19H18N4O3/c24-18(15-1-3-17(4-2-15)23-7-6-20-14-23)21-8-10-22(11-9-21)19(25)16-5-12-26-13-16/h1-7,12-14H,8-11H2. The first-order chi connectivity index (χ1) is 12.7. The molecule has 3 heterocycles. The Morgan fingerprint density at radius 1 is 0.885 bits per heavy atom. The van der Waals surface area contributed by atoms with Gasteiger partial charge in [0.05, 0.1) is 18.2 Å². The van der Waals surface area contributed by atoms with Crippen LogP contribution in [0.1, 0.15) is 20.7 Å². The second-order valence-electron chi connectivity index (χ2n) is 6.11. The molecular formula is C19H18N4O3. The molecule has 4 rings (SSSR count). The zero-order valence-corrected chi connectivity index (χ0v) is 14.1. The van der Waals surface area contributed by atoms with Crippen molar-refractivity contribution in [3.63, 3.8) is 0 Å². The summed E-state index contributed by atoms with van der Waals surface area (Å²) in [5, 5.41) is 0. The van der Waals surface area contributed by atoms with Crippen LogP contribution in [0.2, 0.25) is 0 Å². The number of rotatable bonds is 3. The van der Waals surface area contributed by atoms with Gasteiger partial charge in [0, 0.05) is 49.8 Å². The first-order valence-electron chi connectivity index (χ1n) is 8.41. The van der Waals surface area contributed by atoms with E-state index >= 15 is 0 Å². The first kappa shape index (κ1) is 16.1. The van der Waals surface area contributed by atoms with E-state index in [1.54, 1.807) is 28.4 Å². The summed E-state index contributed by atoms with van der Waals surface area (Å²) < 4.78 is 6.85. The van der Waals surface area contributed by atoms with Gasteiger partial charge in [-0.1, -0.05) is 0 Å². The molecule has 2 aromatic heterocycles. The monoisotopic (exact) mass is 350 g/mol. The van der Waals surface area contributed by atoms with E-state index in [1.807, 2.05) is 35.0 Å². The Morgan fingerprint density at radius 3 is 2.08 bits per heavy atom. The Morgan fingerprint density at radius 2 is 1.54 bits per heavy atom. The van der Waals surface area contributed by atoms with Crippen molar-refractivity contribution in [1.82, 2.24) is 19.4 Å². The molecule has 132 valence electrons. The molecule has 0 atom stereocenters. The lowest BCUT2D eigenvalue weighted by Gasteiger charge is -2.34. The molecule has 1 fully saturated rings. The highest BCUT2D eigenvalue weighted by molar-refractivity contribution is 5.95. The fraction of sp³-hybridized carbons (Fsp3) is 0.211. The van der Waals surface area contributed by atoms with E-state index in [1.165, 1.54) is 12.5 Å². The predicted molar refractivity (Wildman–Crippen MR) is 94.1 cm³/mol. The number of piperazine rings is 1. The molecule has 1 aromatic carbocycles. The minimum absolute atomic E-state index is 0.0161. The normalized spacial score (nSPS) is 14.5. The molecule has 0 aliphatic carbocycles. The summed E-state index contributed by atoms with van der Waals surface area (Å²) in [6.07, 6.45) is 8.21. The number of carbonyl (C=O) groups excluding carboxylic acids is 2. The largest absolute Gasteiger partial charge is 0.472 e. The molecule has 1 saturated heterocycles. The van der Waals surface area contributed by atoms with Crippen LogP contribution in [-0.2, 0) is 0 Å². The van der Waals surface area contributed by atoms with Gasteiger partial charge in [0.2, 0.25) is 0 Å². The topological polar surface area (TPSA) is 71.6 Å². The molecule has 2 amide bonds. The van der Waals surface area contributed by atoms with Gasteiger partial charge in [-0.05, 0) is 30.3 Å². The molecule has 0 unspecified atom stereocenters. The van der Waals surface area contributed by atoms with Crippen molar-refractivity contribution in [3.05, 3.63) is 72.7 Å². The van der Waals surface area contributed by atoms with Crippen molar-refractivity contribution >= 4 is 11.8 Å². The summed E-state index contributed by atoms with van der Waals surface area (Å²) in [4.78, 5) is 32.6. The molecule has 1 aliphatic heterocycles. The van der Waals surface area contributed by atoms with Crippen LogP contribution in [0.5, 0.6) is 0 Å². The summed E-state index contributed by atoms with van der Waals surface area (Å²) in [6.45, 7) is 2.07. The Bertz CT molecular complexity index is 878. The molecule has 0 N–H and O–H groups in total. The van der Waals surface area contributed by atoms with Gasteiger partial charge in [-0.15, -0.1) is 0 Å². The highest BCUT2D eigenvalue weighted by atomic mass is 16.3. The highest BCUT2D eigenvalue weighted by Crippen LogP contribution is 2.14. The van der Waals surface area contributed by atoms with Crippen LogP contribution < -0.4 is 0 Å². The number of carbonyl (C=O) groups is 2. The number of amides is 2. The Hall–Kier alpha value is -3.35. The van der Waals surface area contributed by atoms with Gasteiger partial charge in [0.25, 0.3) is 11.8 Å². The number of hydrogen-bond donors (Lipinski definition) is 0. The molecule has 26 heavy (non-hydrogen) atoms. The zero-order valence-electron chi connectivity index (χ0n) is 14.1. The Labute approximate surface area is 150 Å². The zero-order chi connectivity index (χ0) is 17.9. The maximum atomic E-state index is 12.7. The number of hydrogen-bond acceptors (Lipinski definition) is 4. The molecular weight excluding hydrogens is 332 g/mol. The summed E-state index contributed by atoms with van der Waals surface area (Å²) in [6, 6.07) is 9.09. The van der Waals surface area contributed by atoms with Crippen molar-refractivity contribution in [2.45, 2.75) is 0 Å². The van der Waals surface area contributed by atoms with Crippen molar-refractivity contribution in [2.24, 2.45) is 0 Å². The SMILES string of the molecule is O=C(c1ccc(-n2ccnc2)cc1)N1CCN(C(=O)c2ccoc2)CC1. The smallest absolute Gasteiger partial charge is 0.257 e. The third-order valence-corrected chi connectivity index (χ3v) is 4.54. The Kier molecular flexibility index (Phi) is 4.27. The van der Waals surface area contributed by atoms with Crippen molar-refractivity contribution in [3.8, 4) is 5.69 Å². The second kappa shape index (κ2) is 6.87. The summed E-state index contributed by atoms with van der Waals surface area (Å²) >= 11 is 0. The highest BCUT2D eigenvalue weighted by Gasteiger charge is 2.25. The van der Waals surface area contributed by atoms with E-state index in [0.717, 1.165) is 5.69 Å². The van der Waals surface area contributed by atoms with E-state index < -0.39 is 0 Å². The lowest BCUT2D eigenvalue weighted by molar-refractivity contribution is 0.0535. The van der Waals surface area contributed by atoms with Gasteiger partial charge in [-0.3, -0.25) is 9.59 Å². The molecule has 3 aromatic rings. The minimum Gasteiger partial charge on any atom is -0.472 e. The van der Waals surface area contributed by atoms with Gasteiger partial charge >= 0.3 is 0 Å². The van der Waals surface area contributed by atoms with Gasteiger partial charge in [0.1, 0.15) is 6.26 Å². The van der Waals surface area contributed by atoms with Crippen LogP contribution >= 0.6 is 0 Å². The second-order valence-corrected chi connectivity index (χ2v) is 6.11. The van der Waals surface area contributed by atoms with Gasteiger partial charge < -0.3 is 18.8 Å². The van der Waals surface area contributed by atoms with Crippen LogP contribution in [0.25, 0.3) is 5.69 Å². The minimum atomic E-state index is -0.0597. The number of benzene rings is 1. The van der Waals surface area contributed by atoms with Gasteiger partial charge in [-0.25, -0.2) is 4.98 Å². The molecule has 7 nitrogen and oxygen atoms in total. The third-order valence-electron chi connectivity index (χ3n) is 4.54. The average Bonchev–Trinajstić information content (AvgIpc) is 3.41. The lowest BCUT2D eigenvalue weighted by atomic mass is 10.1. The number of aromatic nitrogens is 2. The molecule has 0 radical (unpaired) electrons. The van der Waals surface area contributed by atoms with Crippen LogP contribution in [0.15, 0.2) is 66.0 Å². The van der Waals surface area contributed by atoms with Crippen LogP contribution in [0.3, 0.4) is 0 Å². The van der Waals surface area contributed by atoms with Crippen LogP contribution in [0, 0.1) is 0 Å². The van der Waals surface area contributed by atoms with E-state index in [9.17, 15) is 9.59 Å². The van der Waals surface area contributed by atoms with Crippen LogP contribution in [-0.4, -0.2) is 57.3 Å². The van der Waals surface area contributed by atoms with Gasteiger partial charge in [-0.2, -0.15) is 0 Å². The fourth-order valence-electron chi connectivity index (χ4n) is 3.05. The van der Waals surface area contributed by atoms with Crippen LogP contribution in [0.4, 0.5) is 0 Å². The molecule has 0 spiro atoms. The predicted octanol–water partition coefficient (Wildman–Crippen LogP) is 2.06. The summed E-state index contributed by atoms with van der Waals surface area (Å²) in [7, 11) is 0. The third kappa shape index (κ3) is 3.11. The molecule has 7 heteroatoms. The van der Waals surface area contributed by atoms with E-state index in [0.29, 0.717) is 37.3 Å². The number of imidazole rings is 1. The maximum Gasteiger partial charge on any atom is 0.257 e. The number of nitrogens with zero attached hydrogens (tertiary/aromatic N) is 4. The first-order valence-corrected chi connectivity index (χ1v) is 8.41. The van der Waals surface area contributed by atoms with Crippen molar-refractivity contribution in [2.75, 3.05) is 26.2 Å². The van der Waals surface area contributed by atoms with Crippen molar-refractivity contribution < 1.29 is 14.0 Å². The number of furan rings is 1. The summed E-state index contributed by atoms with van der Waals surface area (Å²) in [5.74, 6) is -0.0758.